The van der Waals surface area contributed by atoms with Crippen molar-refractivity contribution in [2.45, 2.75) is 83.6 Å². The molecule has 0 bridgehead atoms. The predicted molar refractivity (Wildman–Crippen MR) is 81.2 cm³/mol. The number of likely N-dealkylation sites (tertiary alicyclic amines) is 1. The molecule has 1 fully saturated rings. The number of hydrogen-bond donors (Lipinski definition) is 1. The lowest BCUT2D eigenvalue weighted by atomic mass is 10.1. The standard InChI is InChI=1S/C16H30N2O2/c1-2-3-4-5-6-7-8-12-15(19)18-13-10-9-11-14(17)16(18)20/h14H,2-13,17H2,1H3. The second-order valence-electron chi connectivity index (χ2n) is 5.86. The number of nitrogens with two attached hydrogens (primary N) is 1. The van der Waals surface area contributed by atoms with Gasteiger partial charge in [0, 0.05) is 13.0 Å². The van der Waals surface area contributed by atoms with Gasteiger partial charge in [0.15, 0.2) is 0 Å². The maximum Gasteiger partial charge on any atom is 0.246 e. The third kappa shape index (κ3) is 6.04. The van der Waals surface area contributed by atoms with Crippen LogP contribution in [0.15, 0.2) is 0 Å². The topological polar surface area (TPSA) is 63.4 Å². The minimum Gasteiger partial charge on any atom is -0.320 e. The van der Waals surface area contributed by atoms with Gasteiger partial charge in [0.25, 0.3) is 0 Å². The van der Waals surface area contributed by atoms with Gasteiger partial charge >= 0.3 is 0 Å². The van der Waals surface area contributed by atoms with Crippen LogP contribution in [-0.2, 0) is 9.59 Å². The summed E-state index contributed by atoms with van der Waals surface area (Å²) in [6.45, 7) is 2.77. The van der Waals surface area contributed by atoms with Crippen molar-refractivity contribution in [2.24, 2.45) is 5.73 Å². The summed E-state index contributed by atoms with van der Waals surface area (Å²) in [5.74, 6) is -0.198. The first-order chi connectivity index (χ1) is 9.66. The summed E-state index contributed by atoms with van der Waals surface area (Å²) in [6.07, 6.45) is 11.3. The minimum atomic E-state index is -0.476. The molecule has 1 unspecified atom stereocenters. The lowest BCUT2D eigenvalue weighted by Gasteiger charge is -2.20. The molecule has 0 aromatic carbocycles. The smallest absolute Gasteiger partial charge is 0.246 e. The average Bonchev–Trinajstić information content (AvgIpc) is 2.60. The van der Waals surface area contributed by atoms with E-state index in [0.29, 0.717) is 19.4 Å². The lowest BCUT2D eigenvalue weighted by Crippen LogP contribution is -2.45. The molecule has 1 aliphatic heterocycles. The molecule has 2 N–H and O–H groups in total. The zero-order chi connectivity index (χ0) is 14.8. The molecular formula is C16H30N2O2. The van der Waals surface area contributed by atoms with Crippen LogP contribution in [0.25, 0.3) is 0 Å². The molecule has 0 aliphatic carbocycles. The fourth-order valence-corrected chi connectivity index (χ4v) is 2.68. The van der Waals surface area contributed by atoms with E-state index in [9.17, 15) is 9.59 Å². The minimum absolute atomic E-state index is 0.0269. The van der Waals surface area contributed by atoms with E-state index in [0.717, 1.165) is 25.7 Å². The van der Waals surface area contributed by atoms with Gasteiger partial charge in [-0.2, -0.15) is 0 Å². The van der Waals surface area contributed by atoms with Crippen LogP contribution >= 0.6 is 0 Å². The molecule has 1 rings (SSSR count). The molecule has 4 heteroatoms. The van der Waals surface area contributed by atoms with Gasteiger partial charge in [-0.05, 0) is 25.7 Å². The first-order valence-electron chi connectivity index (χ1n) is 8.26. The SMILES string of the molecule is CCCCCCCCCC(=O)N1CCCCC(N)C1=O. The molecule has 1 saturated heterocycles. The van der Waals surface area contributed by atoms with Crippen molar-refractivity contribution in [3.63, 3.8) is 0 Å². The number of nitrogens with zero attached hydrogens (tertiary/aromatic N) is 1. The number of rotatable bonds is 8. The van der Waals surface area contributed by atoms with Gasteiger partial charge in [-0.3, -0.25) is 14.5 Å². The Morgan fingerprint density at radius 1 is 1.15 bits per heavy atom. The summed E-state index contributed by atoms with van der Waals surface area (Å²) >= 11 is 0. The van der Waals surface area contributed by atoms with Gasteiger partial charge in [-0.15, -0.1) is 0 Å². The molecule has 1 aliphatic rings. The molecular weight excluding hydrogens is 252 g/mol. The van der Waals surface area contributed by atoms with Crippen molar-refractivity contribution in [3.05, 3.63) is 0 Å². The van der Waals surface area contributed by atoms with Crippen molar-refractivity contribution < 1.29 is 9.59 Å². The quantitative estimate of drug-likeness (QED) is 0.696. The van der Waals surface area contributed by atoms with Crippen molar-refractivity contribution in [1.82, 2.24) is 4.90 Å². The first-order valence-corrected chi connectivity index (χ1v) is 8.26. The normalized spacial score (nSPS) is 20.0. The fraction of sp³-hybridized carbons (Fsp3) is 0.875. The van der Waals surface area contributed by atoms with E-state index in [1.807, 2.05) is 0 Å². The second-order valence-corrected chi connectivity index (χ2v) is 5.86. The van der Waals surface area contributed by atoms with E-state index >= 15 is 0 Å². The average molecular weight is 282 g/mol. The Balaban J connectivity index is 2.19. The van der Waals surface area contributed by atoms with Crippen molar-refractivity contribution in [2.75, 3.05) is 6.54 Å². The van der Waals surface area contributed by atoms with Gasteiger partial charge < -0.3 is 5.73 Å². The van der Waals surface area contributed by atoms with E-state index in [1.54, 1.807) is 0 Å². The van der Waals surface area contributed by atoms with Gasteiger partial charge in [0.2, 0.25) is 11.8 Å². The van der Waals surface area contributed by atoms with Crippen LogP contribution < -0.4 is 5.73 Å². The van der Waals surface area contributed by atoms with Crippen LogP contribution in [0.1, 0.15) is 77.6 Å². The van der Waals surface area contributed by atoms with E-state index in [2.05, 4.69) is 6.92 Å². The van der Waals surface area contributed by atoms with E-state index in [4.69, 9.17) is 5.73 Å². The van der Waals surface area contributed by atoms with Gasteiger partial charge in [0.1, 0.15) is 0 Å². The summed E-state index contributed by atoms with van der Waals surface area (Å²) in [6, 6.07) is -0.476. The van der Waals surface area contributed by atoms with Crippen LogP contribution in [0, 0.1) is 0 Å². The van der Waals surface area contributed by atoms with Gasteiger partial charge in [-0.1, -0.05) is 45.4 Å². The first kappa shape index (κ1) is 17.2. The molecule has 0 radical (unpaired) electrons. The maximum absolute atomic E-state index is 12.1. The molecule has 1 heterocycles. The predicted octanol–water partition coefficient (Wildman–Crippen LogP) is 2.99. The molecule has 0 saturated carbocycles. The summed E-state index contributed by atoms with van der Waals surface area (Å²) in [4.78, 5) is 25.5. The third-order valence-corrected chi connectivity index (χ3v) is 4.03. The molecule has 1 atom stereocenters. The monoisotopic (exact) mass is 282 g/mol. The van der Waals surface area contributed by atoms with Crippen LogP contribution in [0.3, 0.4) is 0 Å². The van der Waals surface area contributed by atoms with Crippen molar-refractivity contribution in [1.29, 1.82) is 0 Å². The Labute approximate surface area is 123 Å². The highest BCUT2D eigenvalue weighted by Crippen LogP contribution is 2.14. The molecule has 0 spiro atoms. The summed E-state index contributed by atoms with van der Waals surface area (Å²) in [5.41, 5.74) is 5.79. The Hall–Kier alpha value is -0.900. The zero-order valence-electron chi connectivity index (χ0n) is 12.9. The van der Waals surface area contributed by atoms with Crippen molar-refractivity contribution in [3.8, 4) is 0 Å². The fourth-order valence-electron chi connectivity index (χ4n) is 2.68. The Morgan fingerprint density at radius 3 is 2.50 bits per heavy atom. The maximum atomic E-state index is 12.1. The highest BCUT2D eigenvalue weighted by molar-refractivity contribution is 5.97. The largest absolute Gasteiger partial charge is 0.320 e. The zero-order valence-corrected chi connectivity index (χ0v) is 12.9. The number of imide groups is 1. The Kier molecular flexibility index (Phi) is 8.51. The number of carbonyl (C=O) groups is 2. The van der Waals surface area contributed by atoms with Crippen LogP contribution in [-0.4, -0.2) is 29.3 Å². The second kappa shape index (κ2) is 9.92. The highest BCUT2D eigenvalue weighted by Gasteiger charge is 2.27. The number of hydrogen-bond acceptors (Lipinski definition) is 3. The third-order valence-electron chi connectivity index (χ3n) is 4.03. The van der Waals surface area contributed by atoms with Gasteiger partial charge in [0.05, 0.1) is 6.04 Å². The summed E-state index contributed by atoms with van der Waals surface area (Å²) in [7, 11) is 0. The van der Waals surface area contributed by atoms with Gasteiger partial charge in [-0.25, -0.2) is 0 Å². The van der Waals surface area contributed by atoms with E-state index in [-0.39, 0.29) is 11.8 Å². The number of amides is 2. The van der Waals surface area contributed by atoms with E-state index in [1.165, 1.54) is 37.0 Å². The molecule has 20 heavy (non-hydrogen) atoms. The number of unbranched alkanes of at least 4 members (excludes halogenated alkanes) is 6. The summed E-state index contributed by atoms with van der Waals surface area (Å²) < 4.78 is 0. The molecule has 116 valence electrons. The molecule has 4 nitrogen and oxygen atoms in total. The molecule has 0 aromatic heterocycles. The number of carbonyl (C=O) groups excluding carboxylic acids is 2. The Bertz CT molecular complexity index is 305. The highest BCUT2D eigenvalue weighted by atomic mass is 16.2. The van der Waals surface area contributed by atoms with Crippen LogP contribution in [0.2, 0.25) is 0 Å². The molecule has 0 aromatic rings. The van der Waals surface area contributed by atoms with Crippen LogP contribution in [0.5, 0.6) is 0 Å². The summed E-state index contributed by atoms with van der Waals surface area (Å²) in [5, 5.41) is 0. The molecule has 2 amide bonds. The van der Waals surface area contributed by atoms with E-state index < -0.39 is 6.04 Å². The lowest BCUT2D eigenvalue weighted by molar-refractivity contribution is -0.145. The Morgan fingerprint density at radius 2 is 1.80 bits per heavy atom. The van der Waals surface area contributed by atoms with Crippen molar-refractivity contribution >= 4 is 11.8 Å². The van der Waals surface area contributed by atoms with Crippen LogP contribution in [0.4, 0.5) is 0 Å².